The highest BCUT2D eigenvalue weighted by atomic mass is 16.4. The van der Waals surface area contributed by atoms with Crippen molar-refractivity contribution in [3.63, 3.8) is 0 Å². The van der Waals surface area contributed by atoms with Crippen molar-refractivity contribution >= 4 is 17.8 Å². The third-order valence-electron chi connectivity index (χ3n) is 2.93. The molecule has 0 aromatic rings. The fourth-order valence-corrected chi connectivity index (χ4v) is 1.81. The first-order chi connectivity index (χ1) is 7.97. The van der Waals surface area contributed by atoms with Gasteiger partial charge in [-0.25, -0.2) is 0 Å². The van der Waals surface area contributed by atoms with Crippen LogP contribution in [0, 0.1) is 0 Å². The van der Waals surface area contributed by atoms with Crippen LogP contribution >= 0.6 is 0 Å². The normalized spacial score (nSPS) is 22.0. The van der Waals surface area contributed by atoms with E-state index in [-0.39, 0.29) is 18.2 Å². The van der Waals surface area contributed by atoms with Crippen LogP contribution in [-0.4, -0.2) is 46.9 Å². The topological polar surface area (TPSA) is 86.7 Å². The number of nitrogens with one attached hydrogen (secondary N) is 1. The minimum atomic E-state index is -0.978. The number of imide groups is 1. The van der Waals surface area contributed by atoms with Crippen LogP contribution in [0.3, 0.4) is 0 Å². The Labute approximate surface area is 100.0 Å². The highest BCUT2D eigenvalue weighted by Gasteiger charge is 2.37. The molecule has 1 aliphatic heterocycles. The van der Waals surface area contributed by atoms with Crippen molar-refractivity contribution in [3.05, 3.63) is 0 Å². The lowest BCUT2D eigenvalue weighted by Gasteiger charge is -2.17. The summed E-state index contributed by atoms with van der Waals surface area (Å²) in [6.45, 7) is 1.97. The fourth-order valence-electron chi connectivity index (χ4n) is 1.81. The van der Waals surface area contributed by atoms with Gasteiger partial charge in [0, 0.05) is 7.05 Å². The Bertz CT molecular complexity index is 329. The molecular formula is C11H18N2O4. The summed E-state index contributed by atoms with van der Waals surface area (Å²) in [6.07, 6.45) is 2.18. The first kappa shape index (κ1) is 13.6. The summed E-state index contributed by atoms with van der Waals surface area (Å²) in [4.78, 5) is 34.9. The lowest BCUT2D eigenvalue weighted by atomic mass is 10.1. The van der Waals surface area contributed by atoms with Crippen molar-refractivity contribution in [2.24, 2.45) is 0 Å². The molecular weight excluding hydrogens is 224 g/mol. The van der Waals surface area contributed by atoms with Crippen molar-refractivity contribution in [2.75, 3.05) is 7.05 Å². The molecule has 0 aromatic carbocycles. The van der Waals surface area contributed by atoms with Crippen LogP contribution in [0.2, 0.25) is 0 Å². The Balaban J connectivity index is 2.59. The number of hydrogen-bond donors (Lipinski definition) is 2. The zero-order valence-electron chi connectivity index (χ0n) is 10.1. The minimum Gasteiger partial charge on any atom is -0.480 e. The molecule has 6 nitrogen and oxygen atoms in total. The van der Waals surface area contributed by atoms with Crippen molar-refractivity contribution in [2.45, 2.75) is 44.7 Å². The summed E-state index contributed by atoms with van der Waals surface area (Å²) in [5.74, 6) is -1.60. The average Bonchev–Trinajstić information content (AvgIpc) is 2.51. The standard InChI is InChI=1S/C11H18N2O4/c1-3-4-5-7(11(16)17)12-8-6-9(14)13(2)10(8)15/h7-8,12H,3-6H2,1-2H3,(H,16,17). The van der Waals surface area contributed by atoms with Crippen LogP contribution in [0.25, 0.3) is 0 Å². The molecule has 1 saturated heterocycles. The molecule has 0 spiro atoms. The summed E-state index contributed by atoms with van der Waals surface area (Å²) >= 11 is 0. The molecule has 1 heterocycles. The van der Waals surface area contributed by atoms with Crippen LogP contribution in [0.4, 0.5) is 0 Å². The first-order valence-corrected chi connectivity index (χ1v) is 5.76. The molecule has 96 valence electrons. The molecule has 0 aromatic heterocycles. The average molecular weight is 242 g/mol. The number of aliphatic carboxylic acids is 1. The SMILES string of the molecule is CCCCC(NC1CC(=O)N(C)C1=O)C(=O)O. The summed E-state index contributed by atoms with van der Waals surface area (Å²) in [5, 5.41) is 11.8. The Morgan fingerprint density at radius 1 is 1.59 bits per heavy atom. The third-order valence-corrected chi connectivity index (χ3v) is 2.93. The first-order valence-electron chi connectivity index (χ1n) is 5.76. The largest absolute Gasteiger partial charge is 0.480 e. The molecule has 1 rings (SSSR count). The number of carboxylic acids is 1. The summed E-state index contributed by atoms with van der Waals surface area (Å²) in [6, 6.07) is -1.45. The van der Waals surface area contributed by atoms with E-state index >= 15 is 0 Å². The van der Waals surface area contributed by atoms with Gasteiger partial charge in [0.25, 0.3) is 0 Å². The van der Waals surface area contributed by atoms with Crippen LogP contribution in [-0.2, 0) is 14.4 Å². The molecule has 2 atom stereocenters. The van der Waals surface area contributed by atoms with E-state index in [0.29, 0.717) is 6.42 Å². The number of likely N-dealkylation sites (tertiary alicyclic amines) is 1. The number of nitrogens with zero attached hydrogens (tertiary/aromatic N) is 1. The molecule has 17 heavy (non-hydrogen) atoms. The van der Waals surface area contributed by atoms with Crippen molar-refractivity contribution in [3.8, 4) is 0 Å². The van der Waals surface area contributed by atoms with Crippen molar-refractivity contribution in [1.29, 1.82) is 0 Å². The van der Waals surface area contributed by atoms with Gasteiger partial charge in [-0.05, 0) is 6.42 Å². The van der Waals surface area contributed by atoms with Gasteiger partial charge in [-0.3, -0.25) is 24.6 Å². The highest BCUT2D eigenvalue weighted by molar-refractivity contribution is 6.05. The lowest BCUT2D eigenvalue weighted by Crippen LogP contribution is -2.46. The Morgan fingerprint density at radius 2 is 2.24 bits per heavy atom. The van der Waals surface area contributed by atoms with Gasteiger partial charge in [0.2, 0.25) is 11.8 Å². The van der Waals surface area contributed by atoms with Gasteiger partial charge in [0.15, 0.2) is 0 Å². The van der Waals surface area contributed by atoms with E-state index in [4.69, 9.17) is 5.11 Å². The number of unbranched alkanes of at least 4 members (excludes halogenated alkanes) is 1. The minimum absolute atomic E-state index is 0.0469. The molecule has 0 aliphatic carbocycles. The maximum absolute atomic E-state index is 11.6. The second kappa shape index (κ2) is 5.77. The Kier molecular flexibility index (Phi) is 4.62. The van der Waals surface area contributed by atoms with Crippen LogP contribution in [0.1, 0.15) is 32.6 Å². The Hall–Kier alpha value is -1.43. The van der Waals surface area contributed by atoms with Gasteiger partial charge in [-0.15, -0.1) is 0 Å². The van der Waals surface area contributed by atoms with Crippen LogP contribution in [0.5, 0.6) is 0 Å². The van der Waals surface area contributed by atoms with Crippen LogP contribution in [0.15, 0.2) is 0 Å². The van der Waals surface area contributed by atoms with E-state index in [2.05, 4.69) is 5.32 Å². The number of amides is 2. The second-order valence-electron chi connectivity index (χ2n) is 4.25. The zero-order chi connectivity index (χ0) is 13.0. The quantitative estimate of drug-likeness (QED) is 0.639. The van der Waals surface area contributed by atoms with E-state index in [9.17, 15) is 14.4 Å². The van der Waals surface area contributed by atoms with E-state index < -0.39 is 18.1 Å². The predicted octanol–water partition coefficient (Wildman–Crippen LogP) is -0.0233. The highest BCUT2D eigenvalue weighted by Crippen LogP contribution is 2.12. The summed E-state index contributed by atoms with van der Waals surface area (Å²) in [7, 11) is 1.41. The number of carbonyl (C=O) groups is 3. The Morgan fingerprint density at radius 3 is 2.65 bits per heavy atom. The number of likely N-dealkylation sites (N-methyl/N-ethyl adjacent to an activating group) is 1. The molecule has 6 heteroatoms. The van der Waals surface area contributed by atoms with Gasteiger partial charge in [-0.2, -0.15) is 0 Å². The van der Waals surface area contributed by atoms with Gasteiger partial charge < -0.3 is 5.11 Å². The molecule has 0 bridgehead atoms. The maximum atomic E-state index is 11.6. The smallest absolute Gasteiger partial charge is 0.320 e. The number of carbonyl (C=O) groups excluding carboxylic acids is 2. The predicted molar refractivity (Wildman–Crippen MR) is 60.3 cm³/mol. The number of hydrogen-bond acceptors (Lipinski definition) is 4. The fraction of sp³-hybridized carbons (Fsp3) is 0.727. The molecule has 1 aliphatic rings. The molecule has 0 saturated carbocycles. The van der Waals surface area contributed by atoms with E-state index in [1.54, 1.807) is 0 Å². The van der Waals surface area contributed by atoms with Gasteiger partial charge in [0.05, 0.1) is 12.5 Å². The van der Waals surface area contributed by atoms with E-state index in [0.717, 1.165) is 17.7 Å². The number of rotatable bonds is 6. The second-order valence-corrected chi connectivity index (χ2v) is 4.25. The number of carboxylic acid groups (broad SMARTS) is 1. The lowest BCUT2D eigenvalue weighted by molar-refractivity contribution is -0.140. The summed E-state index contributed by atoms with van der Waals surface area (Å²) < 4.78 is 0. The van der Waals surface area contributed by atoms with Gasteiger partial charge in [-0.1, -0.05) is 19.8 Å². The van der Waals surface area contributed by atoms with Crippen molar-refractivity contribution in [1.82, 2.24) is 10.2 Å². The maximum Gasteiger partial charge on any atom is 0.320 e. The molecule has 2 N–H and O–H groups in total. The summed E-state index contributed by atoms with van der Waals surface area (Å²) in [5.41, 5.74) is 0. The molecule has 2 unspecified atom stereocenters. The van der Waals surface area contributed by atoms with Gasteiger partial charge >= 0.3 is 5.97 Å². The van der Waals surface area contributed by atoms with Gasteiger partial charge in [0.1, 0.15) is 6.04 Å². The van der Waals surface area contributed by atoms with E-state index in [1.807, 2.05) is 6.92 Å². The molecule has 2 amide bonds. The third kappa shape index (κ3) is 3.26. The van der Waals surface area contributed by atoms with Crippen molar-refractivity contribution < 1.29 is 19.5 Å². The van der Waals surface area contributed by atoms with Crippen LogP contribution < -0.4 is 5.32 Å². The van der Waals surface area contributed by atoms with E-state index in [1.165, 1.54) is 7.05 Å². The zero-order valence-corrected chi connectivity index (χ0v) is 10.1. The monoisotopic (exact) mass is 242 g/mol. The molecule has 0 radical (unpaired) electrons. The molecule has 1 fully saturated rings.